The van der Waals surface area contributed by atoms with Gasteiger partial charge in [0.25, 0.3) is 0 Å². The van der Waals surface area contributed by atoms with Crippen molar-refractivity contribution in [2.24, 2.45) is 0 Å². The van der Waals surface area contributed by atoms with Gasteiger partial charge in [0, 0.05) is 16.5 Å². The third-order valence-corrected chi connectivity index (χ3v) is 5.54. The number of hydrogen-bond donors (Lipinski definition) is 0. The summed E-state index contributed by atoms with van der Waals surface area (Å²) in [6.07, 6.45) is 5.12. The van der Waals surface area contributed by atoms with Crippen LogP contribution < -0.4 is 17.0 Å². The van der Waals surface area contributed by atoms with Crippen molar-refractivity contribution in [2.75, 3.05) is 0 Å². The largest absolute Gasteiger partial charge is 1.00 e. The summed E-state index contributed by atoms with van der Waals surface area (Å²) in [5.74, 6) is 0. The summed E-state index contributed by atoms with van der Waals surface area (Å²) in [6, 6.07) is 4.31. The predicted molar refractivity (Wildman–Crippen MR) is 82.6 cm³/mol. The maximum Gasteiger partial charge on any atom is 0.231 e. The molecule has 1 aromatic carbocycles. The number of fused-ring (bicyclic) bond motifs is 1. The van der Waals surface area contributed by atoms with Gasteiger partial charge in [-0.15, -0.1) is 0 Å². The van der Waals surface area contributed by atoms with Gasteiger partial charge in [0.05, 0.1) is 9.35 Å². The van der Waals surface area contributed by atoms with Crippen LogP contribution in [0.2, 0.25) is 0 Å². The molecule has 0 aliphatic heterocycles. The van der Waals surface area contributed by atoms with E-state index in [0.29, 0.717) is 0 Å². The minimum absolute atomic E-state index is 0. The highest BCUT2D eigenvalue weighted by Gasteiger charge is 2.27. The van der Waals surface area contributed by atoms with Crippen LogP contribution in [0.1, 0.15) is 29.0 Å². The number of thiazole rings is 1. The Labute approximate surface area is 140 Å². The molecule has 0 radical (unpaired) electrons. The van der Waals surface area contributed by atoms with Crippen molar-refractivity contribution < 1.29 is 17.0 Å². The summed E-state index contributed by atoms with van der Waals surface area (Å²) in [7, 11) is 0. The van der Waals surface area contributed by atoms with Gasteiger partial charge in [-0.05, 0) is 54.2 Å². The third kappa shape index (κ3) is 2.92. The smallest absolute Gasteiger partial charge is 0.231 e. The van der Waals surface area contributed by atoms with Gasteiger partial charge in [-0.1, -0.05) is 27.3 Å². The molecule has 3 rings (SSSR count). The molecule has 102 valence electrons. The van der Waals surface area contributed by atoms with E-state index in [0.717, 1.165) is 8.95 Å². The van der Waals surface area contributed by atoms with E-state index in [1.54, 1.807) is 4.88 Å². The molecule has 0 bridgehead atoms. The topological polar surface area (TPSA) is 3.88 Å². The van der Waals surface area contributed by atoms with Crippen molar-refractivity contribution in [3.63, 3.8) is 0 Å². The van der Waals surface area contributed by atoms with Gasteiger partial charge in [0.15, 0.2) is 0 Å². The van der Waals surface area contributed by atoms with Crippen LogP contribution in [0.5, 0.6) is 0 Å². The van der Waals surface area contributed by atoms with Crippen LogP contribution in [0.15, 0.2) is 26.6 Å². The average molecular weight is 424 g/mol. The zero-order valence-electron chi connectivity index (χ0n) is 10.5. The second kappa shape index (κ2) is 6.25. The van der Waals surface area contributed by atoms with Crippen LogP contribution in [-0.2, 0) is 12.8 Å². The second-order valence-electron chi connectivity index (χ2n) is 4.72. The van der Waals surface area contributed by atoms with Crippen molar-refractivity contribution in [3.05, 3.63) is 42.7 Å². The SMILES string of the molecule is Cc1cc(Br)cc(Br)c1-[n+]1csc2c1CCCC2.[Cl-]. The first-order valence-corrected chi connectivity index (χ1v) is 8.60. The van der Waals surface area contributed by atoms with E-state index in [1.165, 1.54) is 42.6 Å². The summed E-state index contributed by atoms with van der Waals surface area (Å²) < 4.78 is 4.66. The molecular weight excluding hydrogens is 409 g/mol. The lowest BCUT2D eigenvalue weighted by atomic mass is 10.0. The van der Waals surface area contributed by atoms with Crippen LogP contribution in [0.25, 0.3) is 5.69 Å². The van der Waals surface area contributed by atoms with Gasteiger partial charge in [0.1, 0.15) is 0 Å². The quantitative estimate of drug-likeness (QED) is 0.616. The molecule has 1 aromatic heterocycles. The van der Waals surface area contributed by atoms with E-state index in [9.17, 15) is 0 Å². The molecule has 19 heavy (non-hydrogen) atoms. The number of benzene rings is 1. The van der Waals surface area contributed by atoms with E-state index in [1.807, 2.05) is 11.3 Å². The van der Waals surface area contributed by atoms with Gasteiger partial charge in [-0.3, -0.25) is 0 Å². The Morgan fingerprint density at radius 3 is 2.63 bits per heavy atom. The van der Waals surface area contributed by atoms with E-state index >= 15 is 0 Å². The Morgan fingerprint density at radius 2 is 1.89 bits per heavy atom. The van der Waals surface area contributed by atoms with Gasteiger partial charge < -0.3 is 12.4 Å². The Kier molecular flexibility index (Phi) is 5.09. The lowest BCUT2D eigenvalue weighted by Gasteiger charge is -2.09. The number of aryl methyl sites for hydroxylation is 2. The molecule has 0 fully saturated rings. The minimum Gasteiger partial charge on any atom is -1.00 e. The molecule has 0 saturated carbocycles. The average Bonchev–Trinajstić information content (AvgIpc) is 2.72. The summed E-state index contributed by atoms with van der Waals surface area (Å²) in [6.45, 7) is 2.17. The summed E-state index contributed by atoms with van der Waals surface area (Å²) in [4.78, 5) is 1.57. The highest BCUT2D eigenvalue weighted by molar-refractivity contribution is 9.11. The van der Waals surface area contributed by atoms with Gasteiger partial charge >= 0.3 is 0 Å². The molecule has 5 heteroatoms. The minimum atomic E-state index is 0. The summed E-state index contributed by atoms with van der Waals surface area (Å²) in [5.41, 5.74) is 6.36. The number of rotatable bonds is 1. The van der Waals surface area contributed by atoms with Crippen molar-refractivity contribution in [1.29, 1.82) is 0 Å². The van der Waals surface area contributed by atoms with Crippen LogP contribution in [0, 0.1) is 6.92 Å². The van der Waals surface area contributed by atoms with E-state index in [4.69, 9.17) is 0 Å². The van der Waals surface area contributed by atoms with Crippen LogP contribution in [-0.4, -0.2) is 0 Å². The maximum absolute atomic E-state index is 3.70. The Balaban J connectivity index is 0.00000133. The zero-order chi connectivity index (χ0) is 12.7. The molecule has 0 spiro atoms. The molecule has 1 aliphatic rings. The van der Waals surface area contributed by atoms with E-state index < -0.39 is 0 Å². The van der Waals surface area contributed by atoms with Gasteiger partial charge in [-0.2, -0.15) is 4.57 Å². The highest BCUT2D eigenvalue weighted by Crippen LogP contribution is 2.29. The fraction of sp³-hybridized carbons (Fsp3) is 0.357. The number of halogens is 3. The molecule has 1 aliphatic carbocycles. The molecule has 0 atom stereocenters. The third-order valence-electron chi connectivity index (χ3n) is 3.44. The molecule has 0 amide bonds. The molecule has 0 saturated heterocycles. The molecule has 0 unspecified atom stereocenters. The standard InChI is InChI=1S/C14H14Br2NS.ClH/c1-9-6-10(15)7-11(16)14(9)17-8-18-13-5-3-2-4-12(13)17;/h6-8H,2-5H2,1H3;1H/q+1;/p-1. The second-order valence-corrected chi connectivity index (χ2v) is 7.43. The monoisotopic (exact) mass is 421 g/mol. The maximum atomic E-state index is 3.70. The number of nitrogens with zero attached hydrogens (tertiary/aromatic N) is 1. The van der Waals surface area contributed by atoms with Crippen LogP contribution in [0.3, 0.4) is 0 Å². The van der Waals surface area contributed by atoms with Gasteiger partial charge in [0.2, 0.25) is 16.9 Å². The number of aromatic nitrogens is 1. The van der Waals surface area contributed by atoms with Crippen molar-refractivity contribution >= 4 is 43.2 Å². The Morgan fingerprint density at radius 1 is 1.16 bits per heavy atom. The normalized spacial score (nSPS) is 13.8. The van der Waals surface area contributed by atoms with E-state index in [-0.39, 0.29) is 12.4 Å². The fourth-order valence-corrected chi connectivity index (χ4v) is 5.30. The fourth-order valence-electron chi connectivity index (χ4n) is 2.61. The highest BCUT2D eigenvalue weighted by atomic mass is 79.9. The van der Waals surface area contributed by atoms with Crippen LogP contribution in [0.4, 0.5) is 0 Å². The van der Waals surface area contributed by atoms with E-state index in [2.05, 4.69) is 61.0 Å². The zero-order valence-corrected chi connectivity index (χ0v) is 15.3. The predicted octanol–water partition coefficient (Wildman–Crippen LogP) is 1.74. The van der Waals surface area contributed by atoms with Crippen molar-refractivity contribution in [2.45, 2.75) is 32.6 Å². The molecule has 1 heterocycles. The Hall–Kier alpha value is 0.1000. The summed E-state index contributed by atoms with van der Waals surface area (Å²) >= 11 is 9.15. The van der Waals surface area contributed by atoms with Crippen molar-refractivity contribution in [3.8, 4) is 5.69 Å². The Bertz CT molecular complexity index is 586. The lowest BCUT2D eigenvalue weighted by molar-refractivity contribution is -0.600. The molecule has 1 nitrogen and oxygen atoms in total. The van der Waals surface area contributed by atoms with Crippen molar-refractivity contribution in [1.82, 2.24) is 0 Å². The number of hydrogen-bond acceptors (Lipinski definition) is 1. The first kappa shape index (κ1) is 15.5. The summed E-state index contributed by atoms with van der Waals surface area (Å²) in [5, 5.41) is 0. The van der Waals surface area contributed by atoms with Gasteiger partial charge in [-0.25, -0.2) is 0 Å². The van der Waals surface area contributed by atoms with Crippen LogP contribution >= 0.6 is 43.2 Å². The molecule has 2 aromatic rings. The lowest BCUT2D eigenvalue weighted by Crippen LogP contribution is -3.00. The molecule has 0 N–H and O–H groups in total. The first-order valence-electron chi connectivity index (χ1n) is 6.14. The first-order chi connectivity index (χ1) is 8.66. The molecular formula is C14H14Br2ClNS.